The van der Waals surface area contributed by atoms with Crippen LogP contribution in [0.15, 0.2) is 53.4 Å². The first-order chi connectivity index (χ1) is 13.8. The number of nitrogens with two attached hydrogens (primary N) is 1. The summed E-state index contributed by atoms with van der Waals surface area (Å²) in [4.78, 5) is 26.0. The van der Waals surface area contributed by atoms with Crippen LogP contribution in [-0.4, -0.2) is 40.6 Å². The van der Waals surface area contributed by atoms with Gasteiger partial charge in [-0.2, -0.15) is 5.26 Å². The number of amides is 1. The normalized spacial score (nSPS) is 10.7. The Morgan fingerprint density at radius 2 is 1.86 bits per heavy atom. The minimum atomic E-state index is -4.04. The molecule has 0 bridgehead atoms. The predicted octanol–water partition coefficient (Wildman–Crippen LogP) is 1.45. The highest BCUT2D eigenvalue weighted by Crippen LogP contribution is 2.23. The summed E-state index contributed by atoms with van der Waals surface area (Å²) in [5.41, 5.74) is 0.368. The molecule has 2 aromatic carbocycles. The second-order valence-electron chi connectivity index (χ2n) is 5.77. The Morgan fingerprint density at radius 1 is 1.17 bits per heavy atom. The molecule has 2 aromatic rings. The topological polar surface area (TPSA) is 140 Å². The van der Waals surface area contributed by atoms with E-state index in [9.17, 15) is 18.0 Å². The van der Waals surface area contributed by atoms with Gasteiger partial charge in [-0.3, -0.25) is 4.79 Å². The van der Waals surface area contributed by atoms with Crippen LogP contribution >= 0.6 is 0 Å². The number of hydrogen-bond acceptors (Lipinski definition) is 7. The fourth-order valence-electron chi connectivity index (χ4n) is 2.47. The zero-order chi connectivity index (χ0) is 21.4. The van der Waals surface area contributed by atoms with Gasteiger partial charge in [0, 0.05) is 12.2 Å². The Morgan fingerprint density at radius 3 is 2.45 bits per heavy atom. The molecular formula is C19H19N3O6S. The molecule has 1 amide bonds. The Bertz CT molecular complexity index is 1030. The summed E-state index contributed by atoms with van der Waals surface area (Å²) in [5.74, 6) is -1.42. The van der Waals surface area contributed by atoms with Crippen molar-refractivity contribution in [3.8, 4) is 11.8 Å². The first-order valence-electron chi connectivity index (χ1n) is 8.38. The monoisotopic (exact) mass is 417 g/mol. The van der Waals surface area contributed by atoms with Gasteiger partial charge in [-0.15, -0.1) is 0 Å². The number of nitriles is 1. The fourth-order valence-corrected chi connectivity index (χ4v) is 3.01. The number of para-hydroxylation sites is 1. The Hall–Kier alpha value is -3.42. The van der Waals surface area contributed by atoms with Crippen LogP contribution in [0.5, 0.6) is 5.75 Å². The lowest BCUT2D eigenvalue weighted by Gasteiger charge is -2.21. The van der Waals surface area contributed by atoms with E-state index in [0.29, 0.717) is 5.69 Å². The molecule has 0 saturated carbocycles. The van der Waals surface area contributed by atoms with Gasteiger partial charge in [0.2, 0.25) is 10.0 Å². The van der Waals surface area contributed by atoms with Crippen molar-refractivity contribution in [2.24, 2.45) is 5.14 Å². The number of primary sulfonamides is 1. The molecule has 10 heteroatoms. The summed E-state index contributed by atoms with van der Waals surface area (Å²) in [6, 6.07) is 14.1. The van der Waals surface area contributed by atoms with E-state index in [1.54, 1.807) is 30.3 Å². The minimum absolute atomic E-state index is 0.0687. The summed E-state index contributed by atoms with van der Waals surface area (Å²) in [6.07, 6.45) is 0.0960. The van der Waals surface area contributed by atoms with Crippen molar-refractivity contribution in [2.75, 3.05) is 25.2 Å². The summed E-state index contributed by atoms with van der Waals surface area (Å²) < 4.78 is 33.1. The van der Waals surface area contributed by atoms with Crippen LogP contribution in [0.4, 0.5) is 5.69 Å². The lowest BCUT2D eigenvalue weighted by Crippen LogP contribution is -2.35. The molecule has 0 aliphatic carbocycles. The van der Waals surface area contributed by atoms with Gasteiger partial charge >= 0.3 is 5.97 Å². The number of carbonyl (C=O) groups is 2. The summed E-state index contributed by atoms with van der Waals surface area (Å²) in [6.45, 7) is -0.483. The molecule has 0 heterocycles. The number of anilines is 1. The molecule has 0 fully saturated rings. The van der Waals surface area contributed by atoms with Crippen molar-refractivity contribution >= 4 is 27.6 Å². The Kier molecular flexibility index (Phi) is 7.30. The molecule has 2 N–H and O–H groups in total. The van der Waals surface area contributed by atoms with Crippen molar-refractivity contribution in [2.45, 2.75) is 11.3 Å². The van der Waals surface area contributed by atoms with Crippen LogP contribution in [0.1, 0.15) is 16.8 Å². The maximum atomic E-state index is 12.6. The van der Waals surface area contributed by atoms with Gasteiger partial charge in [0.1, 0.15) is 11.3 Å². The summed E-state index contributed by atoms with van der Waals surface area (Å²) >= 11 is 0. The third kappa shape index (κ3) is 5.78. The molecule has 0 atom stereocenters. The van der Waals surface area contributed by atoms with Gasteiger partial charge in [-0.1, -0.05) is 18.2 Å². The van der Waals surface area contributed by atoms with Crippen molar-refractivity contribution in [3.63, 3.8) is 0 Å². The first-order valence-corrected chi connectivity index (χ1v) is 9.93. The standard InChI is InChI=1S/C19H19N3O6S/c1-27-17-9-8-15(29(21,25)26)12-16(17)19(24)28-13-18(23)22(11-5-10-20)14-6-3-2-4-7-14/h2-4,6-9,12H,5,11,13H2,1H3,(H2,21,25,26). The van der Waals surface area contributed by atoms with E-state index in [-0.39, 0.29) is 29.2 Å². The average Bonchev–Trinajstić information content (AvgIpc) is 2.71. The highest BCUT2D eigenvalue weighted by atomic mass is 32.2. The number of esters is 1. The van der Waals surface area contributed by atoms with Crippen molar-refractivity contribution < 1.29 is 27.5 Å². The number of carbonyl (C=O) groups excluding carboxylic acids is 2. The molecule has 0 unspecified atom stereocenters. The van der Waals surface area contributed by atoms with E-state index in [2.05, 4.69) is 0 Å². The van der Waals surface area contributed by atoms with Crippen LogP contribution in [0, 0.1) is 11.3 Å². The summed E-state index contributed by atoms with van der Waals surface area (Å²) in [5, 5.41) is 13.9. The van der Waals surface area contributed by atoms with Gasteiger partial charge in [0.05, 0.1) is 24.5 Å². The minimum Gasteiger partial charge on any atom is -0.496 e. The van der Waals surface area contributed by atoms with Crippen LogP contribution < -0.4 is 14.8 Å². The van der Waals surface area contributed by atoms with Crippen LogP contribution in [0.25, 0.3) is 0 Å². The number of nitrogens with zero attached hydrogens (tertiary/aromatic N) is 2. The van der Waals surface area contributed by atoms with E-state index < -0.39 is 28.5 Å². The number of hydrogen-bond donors (Lipinski definition) is 1. The third-order valence-electron chi connectivity index (χ3n) is 3.86. The maximum absolute atomic E-state index is 12.6. The van der Waals surface area contributed by atoms with Crippen molar-refractivity contribution in [1.82, 2.24) is 0 Å². The van der Waals surface area contributed by atoms with Gasteiger partial charge in [-0.05, 0) is 30.3 Å². The number of ether oxygens (including phenoxy) is 2. The zero-order valence-electron chi connectivity index (χ0n) is 15.6. The number of sulfonamides is 1. The molecule has 0 saturated heterocycles. The van der Waals surface area contributed by atoms with Crippen molar-refractivity contribution in [1.29, 1.82) is 5.26 Å². The van der Waals surface area contributed by atoms with Crippen LogP contribution in [-0.2, 0) is 19.6 Å². The van der Waals surface area contributed by atoms with Crippen LogP contribution in [0.3, 0.4) is 0 Å². The number of benzene rings is 2. The molecular weight excluding hydrogens is 398 g/mol. The van der Waals surface area contributed by atoms with E-state index in [1.807, 2.05) is 6.07 Å². The third-order valence-corrected chi connectivity index (χ3v) is 4.77. The van der Waals surface area contributed by atoms with Gasteiger partial charge in [0.15, 0.2) is 6.61 Å². The lowest BCUT2D eigenvalue weighted by molar-refractivity contribution is -0.121. The summed E-state index contributed by atoms with van der Waals surface area (Å²) in [7, 11) is -2.75. The lowest BCUT2D eigenvalue weighted by atomic mass is 10.2. The first kappa shape index (κ1) is 21.9. The molecule has 0 spiro atoms. The Balaban J connectivity index is 2.18. The molecule has 0 aliphatic rings. The van der Waals surface area contributed by atoms with E-state index in [0.717, 1.165) is 6.07 Å². The second kappa shape index (κ2) is 9.68. The van der Waals surface area contributed by atoms with Gasteiger partial charge in [-0.25, -0.2) is 18.4 Å². The Labute approximate surface area is 168 Å². The van der Waals surface area contributed by atoms with E-state index >= 15 is 0 Å². The number of rotatable bonds is 8. The SMILES string of the molecule is COc1ccc(S(N)(=O)=O)cc1C(=O)OCC(=O)N(CCC#N)c1ccccc1. The van der Waals surface area contributed by atoms with Crippen molar-refractivity contribution in [3.05, 3.63) is 54.1 Å². The highest BCUT2D eigenvalue weighted by Gasteiger charge is 2.21. The van der Waals surface area contributed by atoms with Gasteiger partial charge in [0.25, 0.3) is 5.91 Å². The quantitative estimate of drug-likeness (QED) is 0.641. The molecule has 152 valence electrons. The maximum Gasteiger partial charge on any atom is 0.342 e. The smallest absolute Gasteiger partial charge is 0.342 e. The molecule has 0 radical (unpaired) electrons. The van der Waals surface area contributed by atoms with E-state index in [1.165, 1.54) is 24.1 Å². The second-order valence-corrected chi connectivity index (χ2v) is 7.33. The molecule has 2 rings (SSSR count). The molecule has 0 aliphatic heterocycles. The zero-order valence-corrected chi connectivity index (χ0v) is 16.4. The van der Waals surface area contributed by atoms with E-state index in [4.69, 9.17) is 19.9 Å². The van der Waals surface area contributed by atoms with Gasteiger partial charge < -0.3 is 14.4 Å². The molecule has 9 nitrogen and oxygen atoms in total. The number of methoxy groups -OCH3 is 1. The highest BCUT2D eigenvalue weighted by molar-refractivity contribution is 7.89. The fraction of sp³-hybridized carbons (Fsp3) is 0.211. The average molecular weight is 417 g/mol. The molecule has 0 aromatic heterocycles. The van der Waals surface area contributed by atoms with Crippen LogP contribution in [0.2, 0.25) is 0 Å². The largest absolute Gasteiger partial charge is 0.496 e. The molecule has 29 heavy (non-hydrogen) atoms. The predicted molar refractivity (Wildman–Crippen MR) is 104 cm³/mol.